The lowest BCUT2D eigenvalue weighted by atomic mass is 10.3. The summed E-state index contributed by atoms with van der Waals surface area (Å²) in [5.41, 5.74) is -0.0167. The van der Waals surface area contributed by atoms with Crippen molar-refractivity contribution in [3.05, 3.63) is 47.8 Å². The van der Waals surface area contributed by atoms with E-state index in [1.807, 2.05) is 0 Å². The van der Waals surface area contributed by atoms with E-state index < -0.39 is 32.4 Å². The summed E-state index contributed by atoms with van der Waals surface area (Å²) in [4.78, 5) is -1.02. The van der Waals surface area contributed by atoms with Gasteiger partial charge < -0.3 is 9.47 Å². The largest absolute Gasteiger partial charge is 0.494 e. The van der Waals surface area contributed by atoms with Crippen LogP contribution in [-0.4, -0.2) is 21.6 Å². The molecule has 25 heavy (non-hydrogen) atoms. The van der Waals surface area contributed by atoms with Gasteiger partial charge in [0.05, 0.1) is 18.9 Å². The van der Waals surface area contributed by atoms with Gasteiger partial charge in [0, 0.05) is 6.07 Å². The Labute approximate surface area is 143 Å². The topological polar surface area (TPSA) is 64.6 Å². The first-order valence-electron chi connectivity index (χ1n) is 7.36. The Morgan fingerprint density at radius 1 is 0.960 bits per heavy atom. The predicted octanol–water partition coefficient (Wildman–Crippen LogP) is 3.70. The zero-order chi connectivity index (χ0) is 18.6. The number of hydrogen-bond donors (Lipinski definition) is 1. The molecular formula is C16H16F3NO4S. The lowest BCUT2D eigenvalue weighted by Gasteiger charge is -2.15. The number of hydrogen-bond acceptors (Lipinski definition) is 4. The van der Waals surface area contributed by atoms with Crippen molar-refractivity contribution >= 4 is 15.7 Å². The van der Waals surface area contributed by atoms with E-state index in [1.165, 1.54) is 12.1 Å². The number of halogens is 3. The molecule has 0 saturated carbocycles. The van der Waals surface area contributed by atoms with Gasteiger partial charge in [0.15, 0.2) is 17.5 Å². The molecule has 0 aromatic heterocycles. The van der Waals surface area contributed by atoms with Crippen molar-refractivity contribution in [2.24, 2.45) is 0 Å². The fraction of sp³-hybridized carbons (Fsp3) is 0.250. The second-order valence-electron chi connectivity index (χ2n) is 4.80. The average molecular weight is 375 g/mol. The number of benzene rings is 2. The molecule has 0 radical (unpaired) electrons. The number of rotatable bonds is 7. The van der Waals surface area contributed by atoms with Crippen molar-refractivity contribution in [3.63, 3.8) is 0 Å². The smallest absolute Gasteiger partial charge is 0.265 e. The third kappa shape index (κ3) is 4.16. The van der Waals surface area contributed by atoms with Crippen LogP contribution in [0.1, 0.15) is 13.8 Å². The maximum Gasteiger partial charge on any atom is 0.265 e. The lowest BCUT2D eigenvalue weighted by Crippen LogP contribution is -2.16. The van der Waals surface area contributed by atoms with Crippen LogP contribution in [0.4, 0.5) is 18.9 Å². The summed E-state index contributed by atoms with van der Waals surface area (Å²) in [6.07, 6.45) is 0. The molecule has 2 rings (SSSR count). The van der Waals surface area contributed by atoms with Crippen molar-refractivity contribution in [2.75, 3.05) is 17.9 Å². The molecule has 9 heteroatoms. The number of anilines is 1. The fourth-order valence-corrected chi connectivity index (χ4v) is 3.17. The molecule has 0 aliphatic rings. The van der Waals surface area contributed by atoms with Crippen LogP contribution in [0.25, 0.3) is 0 Å². The summed E-state index contributed by atoms with van der Waals surface area (Å²) in [6.45, 7) is 4.04. The van der Waals surface area contributed by atoms with Gasteiger partial charge in [0.1, 0.15) is 16.4 Å². The standard InChI is InChI=1S/C16H16F3NO4S/c1-3-23-10-5-7-13(24-4-2)12(9-10)20-25(21,22)14-8-6-11(17)15(18)16(14)19/h5-9,20H,3-4H2,1-2H3. The van der Waals surface area contributed by atoms with E-state index in [0.29, 0.717) is 24.5 Å². The molecule has 0 unspecified atom stereocenters. The van der Waals surface area contributed by atoms with Crippen LogP contribution in [0, 0.1) is 17.5 Å². The van der Waals surface area contributed by atoms with Crippen LogP contribution in [0.15, 0.2) is 35.2 Å². The third-order valence-electron chi connectivity index (χ3n) is 3.10. The van der Waals surface area contributed by atoms with E-state index in [-0.39, 0.29) is 18.0 Å². The molecule has 0 atom stereocenters. The van der Waals surface area contributed by atoms with Gasteiger partial charge in [-0.15, -0.1) is 0 Å². The zero-order valence-corrected chi connectivity index (χ0v) is 14.3. The molecule has 136 valence electrons. The Hall–Kier alpha value is -2.42. The number of sulfonamides is 1. The quantitative estimate of drug-likeness (QED) is 0.750. The molecule has 0 heterocycles. The van der Waals surface area contributed by atoms with E-state index in [0.717, 1.165) is 0 Å². The first kappa shape index (κ1) is 18.9. The fourth-order valence-electron chi connectivity index (χ4n) is 2.04. The Kier molecular flexibility index (Phi) is 5.78. The number of ether oxygens (including phenoxy) is 2. The maximum absolute atomic E-state index is 13.8. The second-order valence-corrected chi connectivity index (χ2v) is 6.45. The van der Waals surface area contributed by atoms with Crippen LogP contribution in [0.2, 0.25) is 0 Å². The van der Waals surface area contributed by atoms with Gasteiger partial charge in [-0.2, -0.15) is 0 Å². The van der Waals surface area contributed by atoms with E-state index >= 15 is 0 Å². The highest BCUT2D eigenvalue weighted by atomic mass is 32.2. The molecule has 0 fully saturated rings. The Morgan fingerprint density at radius 2 is 1.64 bits per heavy atom. The first-order chi connectivity index (χ1) is 11.8. The van der Waals surface area contributed by atoms with Crippen molar-refractivity contribution < 1.29 is 31.1 Å². The Bertz CT molecular complexity index is 872. The van der Waals surface area contributed by atoms with Gasteiger partial charge in [-0.3, -0.25) is 4.72 Å². The minimum atomic E-state index is -4.52. The molecule has 0 aliphatic carbocycles. The summed E-state index contributed by atoms with van der Waals surface area (Å²) in [5, 5.41) is 0. The van der Waals surface area contributed by atoms with Crippen molar-refractivity contribution in [3.8, 4) is 11.5 Å². The highest BCUT2D eigenvalue weighted by Gasteiger charge is 2.25. The van der Waals surface area contributed by atoms with E-state index in [2.05, 4.69) is 4.72 Å². The van der Waals surface area contributed by atoms with Crippen molar-refractivity contribution in [1.82, 2.24) is 0 Å². The van der Waals surface area contributed by atoms with Crippen LogP contribution in [0.5, 0.6) is 11.5 Å². The van der Waals surface area contributed by atoms with Crippen LogP contribution < -0.4 is 14.2 Å². The van der Waals surface area contributed by atoms with Gasteiger partial charge in [0.2, 0.25) is 0 Å². The summed E-state index contributed by atoms with van der Waals surface area (Å²) in [5.74, 6) is -4.61. The molecule has 0 spiro atoms. The summed E-state index contributed by atoms with van der Waals surface area (Å²) >= 11 is 0. The molecule has 2 aromatic rings. The molecular weight excluding hydrogens is 359 g/mol. The van der Waals surface area contributed by atoms with Crippen molar-refractivity contribution in [2.45, 2.75) is 18.7 Å². The summed E-state index contributed by atoms with van der Waals surface area (Å²) < 4.78 is 77.6. The highest BCUT2D eigenvalue weighted by Crippen LogP contribution is 2.32. The Morgan fingerprint density at radius 3 is 2.28 bits per heavy atom. The molecule has 0 saturated heterocycles. The average Bonchev–Trinajstić information content (AvgIpc) is 2.55. The van der Waals surface area contributed by atoms with Crippen molar-refractivity contribution in [1.29, 1.82) is 0 Å². The molecule has 2 aromatic carbocycles. The van der Waals surface area contributed by atoms with Crippen LogP contribution in [-0.2, 0) is 10.0 Å². The molecule has 1 N–H and O–H groups in total. The predicted molar refractivity (Wildman–Crippen MR) is 85.9 cm³/mol. The Balaban J connectivity index is 2.46. The second kappa shape index (κ2) is 7.64. The molecule has 0 amide bonds. The normalized spacial score (nSPS) is 11.2. The van der Waals surface area contributed by atoms with E-state index in [9.17, 15) is 21.6 Å². The van der Waals surface area contributed by atoms with E-state index in [1.54, 1.807) is 19.9 Å². The number of nitrogens with one attached hydrogen (secondary N) is 1. The third-order valence-corrected chi connectivity index (χ3v) is 4.48. The molecule has 0 bridgehead atoms. The lowest BCUT2D eigenvalue weighted by molar-refractivity contribution is 0.332. The highest BCUT2D eigenvalue weighted by molar-refractivity contribution is 7.92. The van der Waals surface area contributed by atoms with Crippen LogP contribution in [0.3, 0.4) is 0 Å². The van der Waals surface area contributed by atoms with Gasteiger partial charge in [-0.25, -0.2) is 21.6 Å². The first-order valence-corrected chi connectivity index (χ1v) is 8.84. The van der Waals surface area contributed by atoms with Gasteiger partial charge in [0.25, 0.3) is 10.0 Å². The summed E-state index contributed by atoms with van der Waals surface area (Å²) in [6, 6.07) is 5.58. The van der Waals surface area contributed by atoms with Gasteiger partial charge in [-0.1, -0.05) is 0 Å². The van der Waals surface area contributed by atoms with E-state index in [4.69, 9.17) is 9.47 Å². The summed E-state index contributed by atoms with van der Waals surface area (Å²) in [7, 11) is -4.52. The van der Waals surface area contributed by atoms with Gasteiger partial charge in [-0.05, 0) is 38.1 Å². The molecule has 0 aliphatic heterocycles. The maximum atomic E-state index is 13.8. The van der Waals surface area contributed by atoms with Gasteiger partial charge >= 0.3 is 0 Å². The zero-order valence-electron chi connectivity index (χ0n) is 13.5. The monoisotopic (exact) mass is 375 g/mol. The molecule has 5 nitrogen and oxygen atoms in total. The van der Waals surface area contributed by atoms with Crippen LogP contribution >= 0.6 is 0 Å². The minimum absolute atomic E-state index is 0.0167. The minimum Gasteiger partial charge on any atom is -0.494 e. The SMILES string of the molecule is CCOc1ccc(OCC)c(NS(=O)(=O)c2ccc(F)c(F)c2F)c1.